The minimum atomic E-state index is -0.116. The highest BCUT2D eigenvalue weighted by Gasteiger charge is 2.47. The molecule has 3 heteroatoms. The number of carbonyl (C=O) groups is 2. The van der Waals surface area contributed by atoms with Gasteiger partial charge in [-0.25, -0.2) is 0 Å². The molecule has 1 saturated heterocycles. The lowest BCUT2D eigenvalue weighted by Gasteiger charge is -2.34. The molecule has 2 fully saturated rings. The van der Waals surface area contributed by atoms with E-state index in [0.29, 0.717) is 5.92 Å². The normalized spacial score (nSPS) is 36.6. The Labute approximate surface area is 76.2 Å². The van der Waals surface area contributed by atoms with Crippen LogP contribution < -0.4 is 5.32 Å². The molecule has 2 bridgehead atoms. The van der Waals surface area contributed by atoms with Gasteiger partial charge in [-0.1, -0.05) is 5.57 Å². The monoisotopic (exact) mass is 177 g/mol. The lowest BCUT2D eigenvalue weighted by Crippen LogP contribution is -2.31. The molecule has 1 aliphatic heterocycles. The fourth-order valence-electron chi connectivity index (χ4n) is 2.95. The van der Waals surface area contributed by atoms with E-state index in [-0.39, 0.29) is 17.7 Å². The van der Waals surface area contributed by atoms with Gasteiger partial charge in [0, 0.05) is 5.57 Å². The van der Waals surface area contributed by atoms with E-state index in [9.17, 15) is 9.59 Å². The van der Waals surface area contributed by atoms with E-state index in [2.05, 4.69) is 5.32 Å². The van der Waals surface area contributed by atoms with Crippen LogP contribution in [-0.4, -0.2) is 11.8 Å². The Morgan fingerprint density at radius 1 is 1.15 bits per heavy atom. The van der Waals surface area contributed by atoms with Crippen molar-refractivity contribution in [2.75, 3.05) is 0 Å². The Balaban J connectivity index is 2.17. The van der Waals surface area contributed by atoms with Crippen molar-refractivity contribution >= 4 is 11.8 Å². The highest BCUT2D eigenvalue weighted by atomic mass is 16.2. The average molecular weight is 177 g/mol. The van der Waals surface area contributed by atoms with E-state index in [1.54, 1.807) is 0 Å². The number of carbonyl (C=O) groups excluding carboxylic acids is 2. The Kier molecular flexibility index (Phi) is 1.25. The van der Waals surface area contributed by atoms with Gasteiger partial charge in [0.1, 0.15) is 0 Å². The molecule has 1 unspecified atom stereocenters. The van der Waals surface area contributed by atoms with Gasteiger partial charge >= 0.3 is 0 Å². The van der Waals surface area contributed by atoms with Crippen LogP contribution in [0.15, 0.2) is 11.1 Å². The Morgan fingerprint density at radius 2 is 1.85 bits per heavy atom. The van der Waals surface area contributed by atoms with E-state index < -0.39 is 0 Å². The Morgan fingerprint density at radius 3 is 2.46 bits per heavy atom. The third-order valence-electron chi connectivity index (χ3n) is 3.56. The first kappa shape index (κ1) is 7.30. The fourth-order valence-corrected chi connectivity index (χ4v) is 2.95. The van der Waals surface area contributed by atoms with Gasteiger partial charge in [0.2, 0.25) is 5.91 Å². The summed E-state index contributed by atoms with van der Waals surface area (Å²) < 4.78 is 0. The first-order valence-corrected chi connectivity index (χ1v) is 4.84. The number of allylic oxidation sites excluding steroid dienone is 1. The molecule has 0 aromatic carbocycles. The quantitative estimate of drug-likeness (QED) is 0.555. The zero-order valence-corrected chi connectivity index (χ0v) is 7.30. The number of amides is 2. The molecule has 13 heavy (non-hydrogen) atoms. The number of nitrogens with one attached hydrogen (secondary N) is 1. The zero-order valence-electron chi connectivity index (χ0n) is 7.30. The average Bonchev–Trinajstić information content (AvgIpc) is 2.47. The van der Waals surface area contributed by atoms with Gasteiger partial charge in [-0.2, -0.15) is 0 Å². The zero-order chi connectivity index (χ0) is 9.00. The summed E-state index contributed by atoms with van der Waals surface area (Å²) in [5.41, 5.74) is 2.07. The third kappa shape index (κ3) is 0.794. The van der Waals surface area contributed by atoms with Crippen molar-refractivity contribution in [2.45, 2.75) is 25.7 Å². The molecule has 1 heterocycles. The van der Waals surface area contributed by atoms with Crippen molar-refractivity contribution in [1.82, 2.24) is 5.32 Å². The van der Waals surface area contributed by atoms with Crippen LogP contribution in [0.5, 0.6) is 0 Å². The lowest BCUT2D eigenvalue weighted by atomic mass is 9.67. The second kappa shape index (κ2) is 2.22. The second-order valence-electron chi connectivity index (χ2n) is 4.15. The Bertz CT molecular complexity index is 333. The summed E-state index contributed by atoms with van der Waals surface area (Å²) in [6.45, 7) is 0. The molecule has 2 amide bonds. The van der Waals surface area contributed by atoms with Gasteiger partial charge in [0.25, 0.3) is 5.91 Å². The van der Waals surface area contributed by atoms with Gasteiger partial charge in [0.05, 0.1) is 5.92 Å². The Hall–Kier alpha value is -1.12. The van der Waals surface area contributed by atoms with Gasteiger partial charge in [-0.3, -0.25) is 14.9 Å². The lowest BCUT2D eigenvalue weighted by molar-refractivity contribution is -0.126. The van der Waals surface area contributed by atoms with Crippen LogP contribution >= 0.6 is 0 Å². The predicted molar refractivity (Wildman–Crippen MR) is 45.6 cm³/mol. The van der Waals surface area contributed by atoms with E-state index in [4.69, 9.17) is 0 Å². The number of fused-ring (bicyclic) bond motifs is 2. The molecule has 1 N–H and O–H groups in total. The summed E-state index contributed by atoms with van der Waals surface area (Å²) in [6, 6.07) is 0. The molecule has 1 atom stereocenters. The molecule has 3 nitrogen and oxygen atoms in total. The van der Waals surface area contributed by atoms with Gasteiger partial charge < -0.3 is 0 Å². The summed E-state index contributed by atoms with van der Waals surface area (Å²) >= 11 is 0. The molecule has 4 rings (SSSR count). The first-order chi connectivity index (χ1) is 6.27. The number of hydrogen-bond acceptors (Lipinski definition) is 2. The van der Waals surface area contributed by atoms with Crippen LogP contribution in [-0.2, 0) is 9.59 Å². The molecule has 1 saturated carbocycles. The molecule has 0 aromatic rings. The maximum Gasteiger partial charge on any atom is 0.254 e. The minimum Gasteiger partial charge on any atom is -0.292 e. The van der Waals surface area contributed by atoms with E-state index in [1.165, 1.54) is 5.57 Å². The minimum absolute atomic E-state index is 0.0538. The largest absolute Gasteiger partial charge is 0.292 e. The van der Waals surface area contributed by atoms with E-state index in [0.717, 1.165) is 31.3 Å². The van der Waals surface area contributed by atoms with Crippen molar-refractivity contribution in [1.29, 1.82) is 0 Å². The van der Waals surface area contributed by atoms with E-state index in [1.807, 2.05) is 0 Å². The highest BCUT2D eigenvalue weighted by Crippen LogP contribution is 2.46. The summed E-state index contributed by atoms with van der Waals surface area (Å²) in [5, 5.41) is 2.42. The van der Waals surface area contributed by atoms with Crippen LogP contribution in [0.1, 0.15) is 25.7 Å². The number of hydrogen-bond donors (Lipinski definition) is 1. The van der Waals surface area contributed by atoms with Crippen LogP contribution in [0.3, 0.4) is 0 Å². The maximum absolute atomic E-state index is 11.4. The molecule has 4 aliphatic rings. The molecule has 0 aromatic heterocycles. The highest BCUT2D eigenvalue weighted by molar-refractivity contribution is 6.15. The number of imide groups is 1. The molecular weight excluding hydrogens is 166 g/mol. The van der Waals surface area contributed by atoms with Crippen molar-refractivity contribution in [2.24, 2.45) is 11.8 Å². The standard InChI is InChI=1S/C10H11NO2/c12-9-7-5-1-2-6(4-3-5)8(7)10(13)11-9/h5,7H,1-4H2,(H,11,12,13). The van der Waals surface area contributed by atoms with Crippen LogP contribution in [0.25, 0.3) is 0 Å². The topological polar surface area (TPSA) is 46.2 Å². The molecule has 3 aliphatic carbocycles. The van der Waals surface area contributed by atoms with Crippen molar-refractivity contribution in [3.8, 4) is 0 Å². The maximum atomic E-state index is 11.4. The third-order valence-corrected chi connectivity index (χ3v) is 3.56. The van der Waals surface area contributed by atoms with Gasteiger partial charge in [-0.15, -0.1) is 0 Å². The summed E-state index contributed by atoms with van der Waals surface area (Å²) in [5.74, 6) is 0.195. The first-order valence-electron chi connectivity index (χ1n) is 4.84. The second-order valence-corrected chi connectivity index (χ2v) is 4.15. The van der Waals surface area contributed by atoms with Crippen LogP contribution in [0.2, 0.25) is 0 Å². The summed E-state index contributed by atoms with van der Waals surface area (Å²) in [4.78, 5) is 22.9. The van der Waals surface area contributed by atoms with Crippen LogP contribution in [0.4, 0.5) is 0 Å². The summed E-state index contributed by atoms with van der Waals surface area (Å²) in [7, 11) is 0. The SMILES string of the molecule is O=C1NC(=O)C2C1=C1CCC2CC1. The molecule has 0 spiro atoms. The molecule has 0 radical (unpaired) electrons. The van der Waals surface area contributed by atoms with Gasteiger partial charge in [0.15, 0.2) is 0 Å². The van der Waals surface area contributed by atoms with E-state index >= 15 is 0 Å². The van der Waals surface area contributed by atoms with Crippen molar-refractivity contribution in [3.05, 3.63) is 11.1 Å². The summed E-state index contributed by atoms with van der Waals surface area (Å²) in [6.07, 6.45) is 4.28. The van der Waals surface area contributed by atoms with Crippen molar-refractivity contribution < 1.29 is 9.59 Å². The number of rotatable bonds is 0. The molecule has 68 valence electrons. The molecular formula is C10H11NO2. The smallest absolute Gasteiger partial charge is 0.254 e. The predicted octanol–water partition coefficient (Wildman–Crippen LogP) is 0.759. The van der Waals surface area contributed by atoms with Gasteiger partial charge in [-0.05, 0) is 31.6 Å². The fraction of sp³-hybridized carbons (Fsp3) is 0.600. The van der Waals surface area contributed by atoms with Crippen molar-refractivity contribution in [3.63, 3.8) is 0 Å². The van der Waals surface area contributed by atoms with Crippen LogP contribution in [0, 0.1) is 11.8 Å².